The summed E-state index contributed by atoms with van der Waals surface area (Å²) >= 11 is 0. The topological polar surface area (TPSA) is 119 Å². The number of amides is 2. The van der Waals surface area contributed by atoms with Crippen LogP contribution in [0.5, 0.6) is 11.6 Å². The summed E-state index contributed by atoms with van der Waals surface area (Å²) in [7, 11) is 0. The molecule has 0 aliphatic heterocycles. The average Bonchev–Trinajstić information content (AvgIpc) is 3.59. The van der Waals surface area contributed by atoms with Crippen molar-refractivity contribution in [1.82, 2.24) is 9.97 Å². The highest BCUT2D eigenvalue weighted by Gasteiger charge is 2.20. The number of pyridine rings is 2. The van der Waals surface area contributed by atoms with Crippen molar-refractivity contribution >= 4 is 23.3 Å². The van der Waals surface area contributed by atoms with Crippen LogP contribution in [0.3, 0.4) is 0 Å². The van der Waals surface area contributed by atoms with Gasteiger partial charge in [0.05, 0.1) is 17.4 Å². The SMILES string of the molecule is NC(=O)c1cccc(Oc2ccc(NC(=O)c3ccc(NCC4CC4)nc3)cn2)c1. The molecule has 1 aromatic carbocycles. The highest BCUT2D eigenvalue weighted by Crippen LogP contribution is 2.28. The lowest BCUT2D eigenvalue weighted by Gasteiger charge is -2.08. The number of primary amides is 1. The van der Waals surface area contributed by atoms with E-state index >= 15 is 0 Å². The van der Waals surface area contributed by atoms with E-state index in [1.807, 2.05) is 0 Å². The molecule has 2 amide bonds. The minimum Gasteiger partial charge on any atom is -0.439 e. The maximum atomic E-state index is 12.4. The van der Waals surface area contributed by atoms with Crippen molar-refractivity contribution in [3.63, 3.8) is 0 Å². The second-order valence-electron chi connectivity index (χ2n) is 7.09. The van der Waals surface area contributed by atoms with Crippen molar-refractivity contribution in [1.29, 1.82) is 0 Å². The average molecular weight is 403 g/mol. The first-order chi connectivity index (χ1) is 14.6. The van der Waals surface area contributed by atoms with Crippen molar-refractivity contribution < 1.29 is 14.3 Å². The molecule has 0 spiro atoms. The Morgan fingerprint density at radius 2 is 1.90 bits per heavy atom. The second kappa shape index (κ2) is 8.60. The molecule has 4 rings (SSSR count). The number of anilines is 2. The fourth-order valence-electron chi connectivity index (χ4n) is 2.76. The van der Waals surface area contributed by atoms with E-state index in [0.29, 0.717) is 28.4 Å². The molecule has 0 unspecified atom stereocenters. The minimum absolute atomic E-state index is 0.277. The lowest BCUT2D eigenvalue weighted by atomic mass is 10.2. The van der Waals surface area contributed by atoms with Gasteiger partial charge in [-0.1, -0.05) is 6.07 Å². The molecule has 0 radical (unpaired) electrons. The van der Waals surface area contributed by atoms with E-state index in [-0.39, 0.29) is 5.91 Å². The van der Waals surface area contributed by atoms with Crippen molar-refractivity contribution in [3.8, 4) is 11.6 Å². The van der Waals surface area contributed by atoms with Crippen molar-refractivity contribution in [2.75, 3.05) is 17.2 Å². The maximum absolute atomic E-state index is 12.4. The summed E-state index contributed by atoms with van der Waals surface area (Å²) in [6, 6.07) is 13.3. The molecule has 4 N–H and O–H groups in total. The van der Waals surface area contributed by atoms with Gasteiger partial charge in [0.2, 0.25) is 11.8 Å². The molecule has 2 aromatic heterocycles. The van der Waals surface area contributed by atoms with Gasteiger partial charge in [-0.25, -0.2) is 9.97 Å². The van der Waals surface area contributed by atoms with E-state index < -0.39 is 5.91 Å². The summed E-state index contributed by atoms with van der Waals surface area (Å²) in [6.45, 7) is 0.922. The molecule has 8 heteroatoms. The van der Waals surface area contributed by atoms with Gasteiger partial charge in [0.1, 0.15) is 11.6 Å². The van der Waals surface area contributed by atoms with Gasteiger partial charge < -0.3 is 21.1 Å². The summed E-state index contributed by atoms with van der Waals surface area (Å²) in [5.41, 5.74) is 6.59. The van der Waals surface area contributed by atoms with E-state index in [1.54, 1.807) is 48.7 Å². The monoisotopic (exact) mass is 403 g/mol. The molecule has 0 bridgehead atoms. The normalized spacial score (nSPS) is 12.8. The summed E-state index contributed by atoms with van der Waals surface area (Å²) in [4.78, 5) is 32.1. The van der Waals surface area contributed by atoms with Gasteiger partial charge in [-0.3, -0.25) is 9.59 Å². The number of nitrogens with zero attached hydrogens (tertiary/aromatic N) is 2. The largest absolute Gasteiger partial charge is 0.439 e. The standard InChI is InChI=1S/C22H21N5O3/c23-21(28)15-2-1-3-18(10-15)30-20-9-7-17(13-26-20)27-22(29)16-6-8-19(25-12-16)24-11-14-4-5-14/h1-3,6-10,12-14H,4-5,11H2,(H2,23,28)(H,24,25)(H,27,29). The number of carbonyl (C=O) groups is 2. The summed E-state index contributed by atoms with van der Waals surface area (Å²) in [6.07, 6.45) is 5.57. The summed E-state index contributed by atoms with van der Waals surface area (Å²) < 4.78 is 5.62. The number of rotatable bonds is 8. The van der Waals surface area contributed by atoms with E-state index in [4.69, 9.17) is 10.5 Å². The molecule has 3 aromatic rings. The Morgan fingerprint density at radius 3 is 2.57 bits per heavy atom. The van der Waals surface area contributed by atoms with Crippen LogP contribution in [-0.4, -0.2) is 28.3 Å². The van der Waals surface area contributed by atoms with Crippen LogP contribution in [0.25, 0.3) is 0 Å². The van der Waals surface area contributed by atoms with Gasteiger partial charge in [-0.15, -0.1) is 0 Å². The fraction of sp³-hybridized carbons (Fsp3) is 0.182. The molecular weight excluding hydrogens is 382 g/mol. The van der Waals surface area contributed by atoms with Crippen LogP contribution in [0.1, 0.15) is 33.6 Å². The van der Waals surface area contributed by atoms with Gasteiger partial charge in [-0.05, 0) is 55.2 Å². The maximum Gasteiger partial charge on any atom is 0.257 e. The second-order valence-corrected chi connectivity index (χ2v) is 7.09. The quantitative estimate of drug-likeness (QED) is 0.530. The molecule has 0 saturated heterocycles. The Balaban J connectivity index is 1.34. The van der Waals surface area contributed by atoms with Crippen molar-refractivity contribution in [2.24, 2.45) is 11.7 Å². The predicted octanol–water partition coefficient (Wildman–Crippen LogP) is 3.44. The van der Waals surface area contributed by atoms with Crippen molar-refractivity contribution in [3.05, 3.63) is 72.1 Å². The highest BCUT2D eigenvalue weighted by molar-refractivity contribution is 6.04. The predicted molar refractivity (Wildman–Crippen MR) is 113 cm³/mol. The van der Waals surface area contributed by atoms with E-state index in [9.17, 15) is 9.59 Å². The molecule has 1 fully saturated rings. The third kappa shape index (κ3) is 5.11. The lowest BCUT2D eigenvalue weighted by Crippen LogP contribution is -2.13. The van der Waals surface area contributed by atoms with Crippen LogP contribution >= 0.6 is 0 Å². The molecule has 8 nitrogen and oxygen atoms in total. The molecular formula is C22H21N5O3. The molecule has 1 aliphatic rings. The van der Waals surface area contributed by atoms with Gasteiger partial charge in [-0.2, -0.15) is 0 Å². The number of benzene rings is 1. The third-order valence-electron chi connectivity index (χ3n) is 4.63. The van der Waals surface area contributed by atoms with Gasteiger partial charge >= 0.3 is 0 Å². The van der Waals surface area contributed by atoms with Crippen LogP contribution < -0.4 is 21.1 Å². The summed E-state index contributed by atoms with van der Waals surface area (Å²) in [5.74, 6) is 1.47. The Hall–Kier alpha value is -3.94. The highest BCUT2D eigenvalue weighted by atomic mass is 16.5. The van der Waals surface area contributed by atoms with E-state index in [1.165, 1.54) is 25.1 Å². The van der Waals surface area contributed by atoms with Crippen LogP contribution in [0.15, 0.2) is 60.9 Å². The third-order valence-corrected chi connectivity index (χ3v) is 4.63. The number of hydrogen-bond donors (Lipinski definition) is 3. The molecule has 0 atom stereocenters. The van der Waals surface area contributed by atoms with Crippen LogP contribution in [0.4, 0.5) is 11.5 Å². The first-order valence-electron chi connectivity index (χ1n) is 9.62. The smallest absolute Gasteiger partial charge is 0.257 e. The van der Waals surface area contributed by atoms with Crippen LogP contribution in [-0.2, 0) is 0 Å². The first-order valence-corrected chi connectivity index (χ1v) is 9.62. The van der Waals surface area contributed by atoms with Crippen LogP contribution in [0, 0.1) is 5.92 Å². The van der Waals surface area contributed by atoms with Gasteiger partial charge in [0.25, 0.3) is 5.91 Å². The fourth-order valence-corrected chi connectivity index (χ4v) is 2.76. The minimum atomic E-state index is -0.535. The number of ether oxygens (including phenoxy) is 1. The van der Waals surface area contributed by atoms with Crippen molar-refractivity contribution in [2.45, 2.75) is 12.8 Å². The Morgan fingerprint density at radius 1 is 1.03 bits per heavy atom. The summed E-state index contributed by atoms with van der Waals surface area (Å²) in [5, 5.41) is 6.04. The molecule has 30 heavy (non-hydrogen) atoms. The molecule has 1 aliphatic carbocycles. The molecule has 1 saturated carbocycles. The Bertz CT molecular complexity index is 1050. The number of nitrogens with two attached hydrogens (primary N) is 1. The van der Waals surface area contributed by atoms with E-state index in [0.717, 1.165) is 18.3 Å². The first kappa shape index (κ1) is 19.4. The zero-order valence-electron chi connectivity index (χ0n) is 16.2. The molecule has 2 heterocycles. The van der Waals surface area contributed by atoms with Gasteiger partial charge in [0.15, 0.2) is 0 Å². The lowest BCUT2D eigenvalue weighted by molar-refractivity contribution is 0.0997. The number of hydrogen-bond acceptors (Lipinski definition) is 6. The Labute approximate surface area is 173 Å². The number of nitrogens with one attached hydrogen (secondary N) is 2. The van der Waals surface area contributed by atoms with Crippen LogP contribution in [0.2, 0.25) is 0 Å². The van der Waals surface area contributed by atoms with E-state index in [2.05, 4.69) is 20.6 Å². The zero-order valence-corrected chi connectivity index (χ0v) is 16.2. The number of carbonyl (C=O) groups excluding carboxylic acids is 2. The molecule has 152 valence electrons. The number of aromatic nitrogens is 2. The Kier molecular flexibility index (Phi) is 5.56. The zero-order chi connectivity index (χ0) is 20.9. The van der Waals surface area contributed by atoms with Gasteiger partial charge in [0, 0.05) is 24.4 Å².